The molecule has 2 aromatic carbocycles. The van der Waals surface area contributed by atoms with E-state index in [0.717, 1.165) is 27.5 Å². The van der Waals surface area contributed by atoms with Gasteiger partial charge in [0.2, 0.25) is 5.91 Å². The van der Waals surface area contributed by atoms with Gasteiger partial charge in [0.25, 0.3) is 0 Å². The fourth-order valence-electron chi connectivity index (χ4n) is 2.84. The van der Waals surface area contributed by atoms with E-state index >= 15 is 0 Å². The lowest BCUT2D eigenvalue weighted by atomic mass is 10.2. The predicted molar refractivity (Wildman–Crippen MR) is 98.4 cm³/mol. The van der Waals surface area contributed by atoms with E-state index in [1.807, 2.05) is 59.3 Å². The summed E-state index contributed by atoms with van der Waals surface area (Å²) >= 11 is 0. The van der Waals surface area contributed by atoms with Crippen molar-refractivity contribution in [2.45, 2.75) is 13.0 Å². The van der Waals surface area contributed by atoms with E-state index in [9.17, 15) is 4.79 Å². The maximum atomic E-state index is 12.0. The smallest absolute Gasteiger partial charge is 0.241 e. The second-order valence-corrected chi connectivity index (χ2v) is 5.76. The number of aryl methyl sites for hydroxylation is 1. The summed E-state index contributed by atoms with van der Waals surface area (Å²) in [6.07, 6.45) is 5.63. The van der Waals surface area contributed by atoms with Crippen molar-refractivity contribution in [3.63, 3.8) is 0 Å². The summed E-state index contributed by atoms with van der Waals surface area (Å²) in [5.74, 6) is -0.131. The molecule has 0 atom stereocenters. The van der Waals surface area contributed by atoms with Gasteiger partial charge < -0.3 is 9.55 Å². The van der Waals surface area contributed by atoms with Gasteiger partial charge in [-0.25, -0.2) is 10.4 Å². The minimum atomic E-state index is -0.131. The van der Waals surface area contributed by atoms with Gasteiger partial charge in [0.05, 0.1) is 23.6 Å². The average molecular weight is 331 g/mol. The van der Waals surface area contributed by atoms with Crippen molar-refractivity contribution in [2.75, 3.05) is 0 Å². The molecular weight excluding hydrogens is 314 g/mol. The zero-order chi connectivity index (χ0) is 17.1. The van der Waals surface area contributed by atoms with Crippen LogP contribution in [0.25, 0.3) is 21.9 Å². The first-order valence-electron chi connectivity index (χ1n) is 8.09. The summed E-state index contributed by atoms with van der Waals surface area (Å²) in [4.78, 5) is 19.5. The molecular formula is C19H17N5O. The minimum absolute atomic E-state index is 0.131. The lowest BCUT2D eigenvalue weighted by Gasteiger charge is -2.03. The maximum Gasteiger partial charge on any atom is 0.241 e. The molecule has 0 radical (unpaired) electrons. The number of rotatable bonds is 5. The molecule has 0 unspecified atom stereocenters. The monoisotopic (exact) mass is 331 g/mol. The Kier molecular flexibility index (Phi) is 4.00. The largest absolute Gasteiger partial charge is 0.361 e. The molecule has 4 rings (SSSR count). The first kappa shape index (κ1) is 15.1. The third-order valence-electron chi connectivity index (χ3n) is 4.12. The van der Waals surface area contributed by atoms with E-state index in [1.165, 1.54) is 0 Å². The number of carbonyl (C=O) groups excluding carboxylic acids is 1. The third kappa shape index (κ3) is 3.14. The number of carbonyl (C=O) groups is 1. The van der Waals surface area contributed by atoms with E-state index in [0.29, 0.717) is 13.0 Å². The normalized spacial score (nSPS) is 11.5. The third-order valence-corrected chi connectivity index (χ3v) is 4.12. The van der Waals surface area contributed by atoms with Crippen LogP contribution in [-0.2, 0) is 11.3 Å². The highest BCUT2D eigenvalue weighted by atomic mass is 16.2. The minimum Gasteiger partial charge on any atom is -0.361 e. The molecule has 4 aromatic rings. The van der Waals surface area contributed by atoms with Gasteiger partial charge in [-0.05, 0) is 18.2 Å². The van der Waals surface area contributed by atoms with Crippen LogP contribution in [0.3, 0.4) is 0 Å². The molecule has 6 heteroatoms. The van der Waals surface area contributed by atoms with E-state index in [-0.39, 0.29) is 5.91 Å². The number of benzene rings is 2. The SMILES string of the molecule is O=C(CCn1cnc2ccccc21)N/N=C\c1c[nH]c2ccccc12. The lowest BCUT2D eigenvalue weighted by Crippen LogP contribution is -2.19. The standard InChI is InChI=1S/C19H17N5O/c25-19(9-10-24-13-21-17-7-3-4-8-18(17)24)23-22-12-14-11-20-16-6-2-1-5-15(14)16/h1-8,11-13,20H,9-10H2,(H,23,25)/b22-12-. The molecule has 1 amide bonds. The molecule has 0 aliphatic heterocycles. The molecule has 0 fully saturated rings. The Labute approximate surface area is 144 Å². The molecule has 0 aliphatic carbocycles. The van der Waals surface area contributed by atoms with Gasteiger partial charge in [0.15, 0.2) is 0 Å². The van der Waals surface area contributed by atoms with Gasteiger partial charge >= 0.3 is 0 Å². The highest BCUT2D eigenvalue weighted by Gasteiger charge is 2.05. The van der Waals surface area contributed by atoms with Crippen LogP contribution in [0.4, 0.5) is 0 Å². The molecule has 0 saturated carbocycles. The second kappa shape index (κ2) is 6.60. The topological polar surface area (TPSA) is 75.1 Å². The number of H-pyrrole nitrogens is 1. The van der Waals surface area contributed by atoms with Crippen molar-refractivity contribution in [2.24, 2.45) is 5.10 Å². The van der Waals surface area contributed by atoms with Crippen LogP contribution in [0.15, 0.2) is 66.2 Å². The first-order chi connectivity index (χ1) is 12.3. The molecule has 2 heterocycles. The Morgan fingerprint density at radius 3 is 3.00 bits per heavy atom. The quantitative estimate of drug-likeness (QED) is 0.436. The van der Waals surface area contributed by atoms with Crippen molar-refractivity contribution in [3.05, 3.63) is 66.6 Å². The Morgan fingerprint density at radius 2 is 2.04 bits per heavy atom. The number of hydrogen-bond donors (Lipinski definition) is 2. The first-order valence-corrected chi connectivity index (χ1v) is 8.09. The van der Waals surface area contributed by atoms with Crippen LogP contribution < -0.4 is 5.43 Å². The zero-order valence-corrected chi connectivity index (χ0v) is 13.5. The van der Waals surface area contributed by atoms with E-state index < -0.39 is 0 Å². The molecule has 0 bridgehead atoms. The van der Waals surface area contributed by atoms with Crippen molar-refractivity contribution in [1.29, 1.82) is 0 Å². The summed E-state index contributed by atoms with van der Waals surface area (Å²) in [5, 5.41) is 5.13. The van der Waals surface area contributed by atoms with Crippen LogP contribution in [0, 0.1) is 0 Å². The molecule has 6 nitrogen and oxygen atoms in total. The van der Waals surface area contributed by atoms with Gasteiger partial charge in [-0.1, -0.05) is 30.3 Å². The summed E-state index contributed by atoms with van der Waals surface area (Å²) in [6.45, 7) is 0.564. The van der Waals surface area contributed by atoms with Gasteiger partial charge in [0.1, 0.15) is 0 Å². The van der Waals surface area contributed by atoms with Crippen LogP contribution in [-0.4, -0.2) is 26.7 Å². The van der Waals surface area contributed by atoms with Crippen molar-refractivity contribution in [1.82, 2.24) is 20.0 Å². The number of aromatic amines is 1. The maximum absolute atomic E-state index is 12.0. The lowest BCUT2D eigenvalue weighted by molar-refractivity contribution is -0.121. The summed E-state index contributed by atoms with van der Waals surface area (Å²) in [6, 6.07) is 15.8. The molecule has 0 aliphatic rings. The summed E-state index contributed by atoms with van der Waals surface area (Å²) in [5.41, 5.74) is 6.52. The highest BCUT2D eigenvalue weighted by molar-refractivity contribution is 5.99. The predicted octanol–water partition coefficient (Wildman–Crippen LogP) is 3.06. The van der Waals surface area contributed by atoms with Gasteiger partial charge in [-0.3, -0.25) is 4.79 Å². The second-order valence-electron chi connectivity index (χ2n) is 5.76. The fourth-order valence-corrected chi connectivity index (χ4v) is 2.84. The Bertz CT molecular complexity index is 1060. The number of nitrogens with one attached hydrogen (secondary N) is 2. The van der Waals surface area contributed by atoms with Crippen LogP contribution >= 0.6 is 0 Å². The molecule has 2 aromatic heterocycles. The number of hydrazone groups is 1. The van der Waals surface area contributed by atoms with Crippen molar-refractivity contribution < 1.29 is 4.79 Å². The highest BCUT2D eigenvalue weighted by Crippen LogP contribution is 2.15. The number of para-hydroxylation sites is 3. The van der Waals surface area contributed by atoms with E-state index in [1.54, 1.807) is 12.5 Å². The van der Waals surface area contributed by atoms with Crippen LogP contribution in [0.2, 0.25) is 0 Å². The van der Waals surface area contributed by atoms with Crippen molar-refractivity contribution in [3.8, 4) is 0 Å². The fraction of sp³-hybridized carbons (Fsp3) is 0.105. The van der Waals surface area contributed by atoms with Gasteiger partial charge in [-0.2, -0.15) is 5.10 Å². The van der Waals surface area contributed by atoms with Crippen LogP contribution in [0.1, 0.15) is 12.0 Å². The summed E-state index contributed by atoms with van der Waals surface area (Å²) in [7, 11) is 0. The molecule has 2 N–H and O–H groups in total. The summed E-state index contributed by atoms with van der Waals surface area (Å²) < 4.78 is 1.97. The molecule has 0 spiro atoms. The molecule has 25 heavy (non-hydrogen) atoms. The average Bonchev–Trinajstić information content (AvgIpc) is 3.24. The Hall–Kier alpha value is -3.41. The number of hydrogen-bond acceptors (Lipinski definition) is 3. The number of imidazole rings is 1. The number of aromatic nitrogens is 3. The Balaban J connectivity index is 1.36. The zero-order valence-electron chi connectivity index (χ0n) is 13.5. The number of amides is 1. The van der Waals surface area contributed by atoms with Crippen molar-refractivity contribution >= 4 is 34.1 Å². The van der Waals surface area contributed by atoms with Crippen LogP contribution in [0.5, 0.6) is 0 Å². The number of fused-ring (bicyclic) bond motifs is 2. The Morgan fingerprint density at radius 1 is 1.20 bits per heavy atom. The number of nitrogens with zero attached hydrogens (tertiary/aromatic N) is 3. The van der Waals surface area contributed by atoms with Gasteiger partial charge in [-0.15, -0.1) is 0 Å². The van der Waals surface area contributed by atoms with Gasteiger partial charge in [0, 0.05) is 35.6 Å². The molecule has 124 valence electrons. The van der Waals surface area contributed by atoms with E-state index in [2.05, 4.69) is 20.5 Å². The molecule has 0 saturated heterocycles. The van der Waals surface area contributed by atoms with E-state index in [4.69, 9.17) is 0 Å².